The van der Waals surface area contributed by atoms with Crippen LogP contribution in [0.3, 0.4) is 0 Å². The summed E-state index contributed by atoms with van der Waals surface area (Å²) in [6, 6.07) is 20.3. The van der Waals surface area contributed by atoms with Gasteiger partial charge in [0.1, 0.15) is 0 Å². The Morgan fingerprint density at radius 3 is 1.13 bits per heavy atom. The normalized spacial score (nSPS) is 10.8. The maximum Gasteiger partial charge on any atom is 0.243 e. The first-order valence-corrected chi connectivity index (χ1v) is 11.8. The van der Waals surface area contributed by atoms with E-state index < -0.39 is 0 Å². The number of benzene rings is 3. The second-order valence-corrected chi connectivity index (χ2v) is 7.21. The van der Waals surface area contributed by atoms with Gasteiger partial charge in [0.15, 0.2) is 0 Å². The summed E-state index contributed by atoms with van der Waals surface area (Å²) < 4.78 is 0. The van der Waals surface area contributed by atoms with E-state index in [1.165, 1.54) is 49.8 Å². The fourth-order valence-electron chi connectivity index (χ4n) is 4.54. The van der Waals surface area contributed by atoms with Crippen LogP contribution in [0.5, 0.6) is 0 Å². The minimum Gasteiger partial charge on any atom is -0.0683 e. The Hall–Kier alpha value is -2.28. The smallest absolute Gasteiger partial charge is 0.0683 e. The van der Waals surface area contributed by atoms with Crippen LogP contribution in [0.2, 0.25) is 0 Å². The van der Waals surface area contributed by atoms with Crippen molar-refractivity contribution in [2.45, 2.75) is 75.7 Å². The van der Waals surface area contributed by atoms with Crippen LogP contribution in [0.4, 0.5) is 0 Å². The number of fused-ring (bicyclic) bond motifs is 2. The van der Waals surface area contributed by atoms with Gasteiger partial charge in [-0.2, -0.15) is 0 Å². The first-order chi connectivity index (χ1) is 14.6. The van der Waals surface area contributed by atoms with Crippen LogP contribution in [0, 0.1) is 27.7 Å². The van der Waals surface area contributed by atoms with Gasteiger partial charge in [0.05, 0.1) is 0 Å². The van der Waals surface area contributed by atoms with E-state index in [4.69, 9.17) is 0 Å². The lowest BCUT2D eigenvalue weighted by molar-refractivity contribution is 1.19. The summed E-state index contributed by atoms with van der Waals surface area (Å²) in [6.45, 7) is 21.4. The van der Waals surface area contributed by atoms with Gasteiger partial charge in [-0.25, -0.2) is 0 Å². The molecule has 0 saturated heterocycles. The largest absolute Gasteiger partial charge is 0.243 e. The molecule has 1 heterocycles. The molecule has 0 radical (unpaired) electrons. The molecule has 0 fully saturated rings. The van der Waals surface area contributed by atoms with Gasteiger partial charge in [0.25, 0.3) is 0 Å². The van der Waals surface area contributed by atoms with Crippen molar-refractivity contribution in [3.8, 4) is 0 Å². The van der Waals surface area contributed by atoms with Crippen molar-refractivity contribution >= 4 is 23.1 Å². The molecule has 0 unspecified atom stereocenters. The van der Waals surface area contributed by atoms with Gasteiger partial charge < -0.3 is 0 Å². The molecule has 0 aliphatic carbocycles. The van der Waals surface area contributed by atoms with E-state index in [2.05, 4.69) is 82.3 Å². The highest BCUT2D eigenvalue weighted by Crippen LogP contribution is 2.19. The van der Waals surface area contributed by atoms with E-state index in [1.807, 2.05) is 41.5 Å². The summed E-state index contributed by atoms with van der Waals surface area (Å²) in [4.78, 5) is 0. The molecule has 3 aromatic rings. The summed E-state index contributed by atoms with van der Waals surface area (Å²) in [7, 11) is 0. The van der Waals surface area contributed by atoms with E-state index in [0.29, 0.717) is 6.71 Å². The fraction of sp³-hybridized carbons (Fsp3) is 0.379. The van der Waals surface area contributed by atoms with E-state index in [1.54, 1.807) is 0 Å². The minimum atomic E-state index is 0.354. The lowest BCUT2D eigenvalue weighted by Crippen LogP contribution is -2.60. The van der Waals surface area contributed by atoms with Gasteiger partial charge in [-0.05, 0) is 45.2 Å². The van der Waals surface area contributed by atoms with E-state index >= 15 is 0 Å². The zero-order chi connectivity index (χ0) is 22.8. The molecule has 0 saturated carbocycles. The molecule has 30 heavy (non-hydrogen) atoms. The summed E-state index contributed by atoms with van der Waals surface area (Å²) in [6.07, 6.45) is 1.05. The first kappa shape index (κ1) is 25.8. The Kier molecular flexibility index (Phi) is 10.7. The second-order valence-electron chi connectivity index (χ2n) is 7.21. The third-order valence-corrected chi connectivity index (χ3v) is 5.62. The van der Waals surface area contributed by atoms with E-state index in [-0.39, 0.29) is 0 Å². The quantitative estimate of drug-likeness (QED) is 0.324. The van der Waals surface area contributed by atoms with Gasteiger partial charge in [-0.15, -0.1) is 0 Å². The molecule has 1 heteroatoms. The van der Waals surface area contributed by atoms with Gasteiger partial charge >= 0.3 is 0 Å². The second kappa shape index (κ2) is 12.4. The predicted molar refractivity (Wildman–Crippen MR) is 140 cm³/mol. The molecule has 0 aromatic heterocycles. The van der Waals surface area contributed by atoms with Crippen molar-refractivity contribution in [1.82, 2.24) is 0 Å². The van der Waals surface area contributed by atoms with Crippen molar-refractivity contribution in [2.75, 3.05) is 0 Å². The average molecular weight is 400 g/mol. The van der Waals surface area contributed by atoms with Crippen LogP contribution in [0.25, 0.3) is 0 Å². The molecule has 3 aromatic carbocycles. The summed E-state index contributed by atoms with van der Waals surface area (Å²) in [5.74, 6) is 0. The molecule has 0 N–H and O–H groups in total. The number of aryl methyl sites for hydroxylation is 4. The highest BCUT2D eigenvalue weighted by molar-refractivity contribution is 6.97. The van der Waals surface area contributed by atoms with Crippen molar-refractivity contribution in [3.05, 3.63) is 88.0 Å². The molecule has 1 aliphatic heterocycles. The first-order valence-electron chi connectivity index (χ1n) is 11.8. The van der Waals surface area contributed by atoms with Gasteiger partial charge in [-0.3, -0.25) is 0 Å². The third-order valence-electron chi connectivity index (χ3n) is 5.62. The Bertz CT molecular complexity index is 833. The monoisotopic (exact) mass is 400 g/mol. The maximum absolute atomic E-state index is 2.31. The van der Waals surface area contributed by atoms with E-state index in [0.717, 1.165) is 6.42 Å². The average Bonchev–Trinajstić information content (AvgIpc) is 2.77. The Balaban J connectivity index is 0.000000691. The minimum absolute atomic E-state index is 0.354. The molecule has 0 nitrogen and oxygen atoms in total. The van der Waals surface area contributed by atoms with Gasteiger partial charge in [0, 0.05) is 0 Å². The highest BCUT2D eigenvalue weighted by atomic mass is 14.2. The van der Waals surface area contributed by atoms with Crippen LogP contribution in [-0.2, 0) is 6.42 Å². The summed E-state index contributed by atoms with van der Waals surface area (Å²) >= 11 is 0. The molecule has 160 valence electrons. The SMILES string of the molecule is CC.CC.CC.Cc1cccc(C)c1B1c2c(C)cccc2Cc2cccc(C)c21. The van der Waals surface area contributed by atoms with Crippen LogP contribution in [-0.4, -0.2) is 6.71 Å². The van der Waals surface area contributed by atoms with Crippen molar-refractivity contribution in [3.63, 3.8) is 0 Å². The van der Waals surface area contributed by atoms with Crippen molar-refractivity contribution in [2.24, 2.45) is 0 Å². The highest BCUT2D eigenvalue weighted by Gasteiger charge is 2.34. The molecule has 0 amide bonds. The summed E-state index contributed by atoms with van der Waals surface area (Å²) in [5, 5.41) is 0. The number of rotatable bonds is 1. The van der Waals surface area contributed by atoms with Gasteiger partial charge in [0.2, 0.25) is 6.71 Å². The standard InChI is InChI=1S/C23H23B.3C2H6/c1-15-8-5-9-16(2)21(15)24-22-17(3)10-6-12-19(22)14-20-13-7-11-18(4)23(20)24;3*1-2/h5-13H,14H2,1-4H3;3*1-2H3. The van der Waals surface area contributed by atoms with E-state index in [9.17, 15) is 0 Å². The Morgan fingerprint density at radius 1 is 0.467 bits per heavy atom. The van der Waals surface area contributed by atoms with Crippen LogP contribution >= 0.6 is 0 Å². The molecule has 0 bridgehead atoms. The molecule has 0 spiro atoms. The van der Waals surface area contributed by atoms with Crippen LogP contribution in [0.1, 0.15) is 74.9 Å². The van der Waals surface area contributed by atoms with Gasteiger partial charge in [-0.1, -0.05) is 135 Å². The fourth-order valence-corrected chi connectivity index (χ4v) is 4.54. The zero-order valence-corrected chi connectivity index (χ0v) is 21.0. The molecular formula is C29H41B. The topological polar surface area (TPSA) is 0 Å². The molecule has 1 aliphatic rings. The van der Waals surface area contributed by atoms with Crippen LogP contribution < -0.4 is 16.4 Å². The number of hydrogen-bond acceptors (Lipinski definition) is 0. The Labute approximate surface area is 186 Å². The van der Waals surface area contributed by atoms with Crippen molar-refractivity contribution in [1.29, 1.82) is 0 Å². The Morgan fingerprint density at radius 2 is 0.767 bits per heavy atom. The molecule has 0 atom stereocenters. The zero-order valence-electron chi connectivity index (χ0n) is 21.0. The van der Waals surface area contributed by atoms with Crippen LogP contribution in [0.15, 0.2) is 54.6 Å². The predicted octanol–water partition coefficient (Wildman–Crippen LogP) is 6.42. The lowest BCUT2D eigenvalue weighted by atomic mass is 9.31. The summed E-state index contributed by atoms with van der Waals surface area (Å²) in [5.41, 5.74) is 13.1. The lowest BCUT2D eigenvalue weighted by Gasteiger charge is -2.31. The molecular weight excluding hydrogens is 359 g/mol. The number of hydrogen-bond donors (Lipinski definition) is 0. The van der Waals surface area contributed by atoms with Crippen molar-refractivity contribution < 1.29 is 0 Å². The third kappa shape index (κ3) is 5.06. The maximum atomic E-state index is 2.31. The molecule has 4 rings (SSSR count).